The lowest BCUT2D eigenvalue weighted by molar-refractivity contribution is -0.0792. The Morgan fingerprint density at radius 1 is 1.22 bits per heavy atom. The van der Waals surface area contributed by atoms with Crippen molar-refractivity contribution in [3.63, 3.8) is 0 Å². The first kappa shape index (κ1) is 13.5. The second-order valence-electron chi connectivity index (χ2n) is 5.04. The maximum absolute atomic E-state index is 8.83. The smallest absolute Gasteiger partial charge is 0.0956 e. The Kier molecular flexibility index (Phi) is 5.17. The zero-order valence-corrected chi connectivity index (χ0v) is 11.1. The van der Waals surface area contributed by atoms with E-state index in [0.29, 0.717) is 6.61 Å². The molecular formula is C15H23NO2. The Balaban J connectivity index is 1.92. The van der Waals surface area contributed by atoms with Crippen molar-refractivity contribution in [2.75, 3.05) is 26.2 Å². The first-order valence-electron chi connectivity index (χ1n) is 6.83. The third-order valence-corrected chi connectivity index (χ3v) is 3.39. The van der Waals surface area contributed by atoms with E-state index in [0.717, 1.165) is 32.5 Å². The summed E-state index contributed by atoms with van der Waals surface area (Å²) in [6, 6.07) is 10.4. The van der Waals surface area contributed by atoms with E-state index in [1.807, 2.05) is 6.07 Å². The lowest BCUT2D eigenvalue weighted by Gasteiger charge is -2.37. The molecule has 0 saturated carbocycles. The van der Waals surface area contributed by atoms with Gasteiger partial charge in [-0.05, 0) is 31.9 Å². The largest absolute Gasteiger partial charge is 0.396 e. The van der Waals surface area contributed by atoms with Gasteiger partial charge in [0.1, 0.15) is 0 Å². The van der Waals surface area contributed by atoms with Gasteiger partial charge in [0.2, 0.25) is 0 Å². The van der Waals surface area contributed by atoms with Crippen molar-refractivity contribution in [3.05, 3.63) is 35.9 Å². The Hall–Kier alpha value is -0.900. The average molecular weight is 249 g/mol. The van der Waals surface area contributed by atoms with Crippen molar-refractivity contribution >= 4 is 0 Å². The molecule has 2 rings (SSSR count). The fourth-order valence-electron chi connectivity index (χ4n) is 2.52. The zero-order chi connectivity index (χ0) is 12.8. The molecule has 0 bridgehead atoms. The van der Waals surface area contributed by atoms with Crippen LogP contribution in [0.4, 0.5) is 0 Å². The molecule has 1 fully saturated rings. The van der Waals surface area contributed by atoms with Crippen molar-refractivity contribution in [3.8, 4) is 0 Å². The number of nitrogens with zero attached hydrogens (tertiary/aromatic N) is 1. The van der Waals surface area contributed by atoms with E-state index in [2.05, 4.69) is 36.1 Å². The summed E-state index contributed by atoms with van der Waals surface area (Å²) in [5.74, 6) is 0. The molecule has 0 aromatic heterocycles. The lowest BCUT2D eigenvalue weighted by Crippen LogP contribution is -2.43. The third-order valence-electron chi connectivity index (χ3n) is 3.39. The number of unbranched alkanes of at least 4 members (excludes halogenated alkanes) is 1. The van der Waals surface area contributed by atoms with Gasteiger partial charge in [0.15, 0.2) is 0 Å². The number of hydrogen-bond acceptors (Lipinski definition) is 3. The van der Waals surface area contributed by atoms with Gasteiger partial charge in [0.25, 0.3) is 0 Å². The molecule has 1 N–H and O–H groups in total. The normalized spacial score (nSPS) is 25.2. The molecule has 1 aromatic carbocycles. The highest BCUT2D eigenvalue weighted by Gasteiger charge is 2.25. The van der Waals surface area contributed by atoms with E-state index < -0.39 is 0 Å². The van der Waals surface area contributed by atoms with Crippen LogP contribution < -0.4 is 0 Å². The van der Waals surface area contributed by atoms with Gasteiger partial charge in [-0.1, -0.05) is 30.3 Å². The summed E-state index contributed by atoms with van der Waals surface area (Å²) >= 11 is 0. The maximum atomic E-state index is 8.83. The van der Waals surface area contributed by atoms with E-state index >= 15 is 0 Å². The molecule has 1 aliphatic rings. The number of benzene rings is 1. The van der Waals surface area contributed by atoms with E-state index in [9.17, 15) is 0 Å². The molecule has 18 heavy (non-hydrogen) atoms. The monoisotopic (exact) mass is 249 g/mol. The third kappa shape index (κ3) is 3.80. The number of morpholine rings is 1. The molecule has 0 radical (unpaired) electrons. The fourth-order valence-corrected chi connectivity index (χ4v) is 2.52. The SMILES string of the molecule is CC1CN(CCCCO)CC(c2ccccc2)O1. The van der Waals surface area contributed by atoms with Crippen molar-refractivity contribution < 1.29 is 9.84 Å². The van der Waals surface area contributed by atoms with Crippen LogP contribution in [0.5, 0.6) is 0 Å². The number of aliphatic hydroxyl groups is 1. The van der Waals surface area contributed by atoms with Crippen LogP contribution in [-0.4, -0.2) is 42.4 Å². The summed E-state index contributed by atoms with van der Waals surface area (Å²) in [4.78, 5) is 2.45. The molecule has 0 aliphatic carbocycles. The van der Waals surface area contributed by atoms with Crippen molar-refractivity contribution in [2.24, 2.45) is 0 Å². The summed E-state index contributed by atoms with van der Waals surface area (Å²) in [6.07, 6.45) is 2.41. The minimum Gasteiger partial charge on any atom is -0.396 e. The van der Waals surface area contributed by atoms with Crippen LogP contribution in [0.25, 0.3) is 0 Å². The summed E-state index contributed by atoms with van der Waals surface area (Å²) in [5, 5.41) is 8.83. The lowest BCUT2D eigenvalue weighted by atomic mass is 10.1. The van der Waals surface area contributed by atoms with Crippen LogP contribution in [0.2, 0.25) is 0 Å². The van der Waals surface area contributed by atoms with Gasteiger partial charge >= 0.3 is 0 Å². The molecule has 1 heterocycles. The Bertz CT molecular complexity index is 342. The number of hydrogen-bond donors (Lipinski definition) is 1. The molecular weight excluding hydrogens is 226 g/mol. The highest BCUT2D eigenvalue weighted by molar-refractivity contribution is 5.18. The van der Waals surface area contributed by atoms with Gasteiger partial charge in [0.05, 0.1) is 12.2 Å². The topological polar surface area (TPSA) is 32.7 Å². The minimum absolute atomic E-state index is 0.184. The molecule has 1 aliphatic heterocycles. The van der Waals surface area contributed by atoms with Gasteiger partial charge < -0.3 is 9.84 Å². The van der Waals surface area contributed by atoms with Crippen LogP contribution in [-0.2, 0) is 4.74 Å². The average Bonchev–Trinajstić information content (AvgIpc) is 2.39. The van der Waals surface area contributed by atoms with Gasteiger partial charge in [0, 0.05) is 19.7 Å². The van der Waals surface area contributed by atoms with Gasteiger partial charge in [-0.25, -0.2) is 0 Å². The van der Waals surface area contributed by atoms with Crippen molar-refractivity contribution in [1.29, 1.82) is 0 Å². The number of ether oxygens (including phenoxy) is 1. The number of aliphatic hydroxyl groups excluding tert-OH is 1. The molecule has 0 amide bonds. The van der Waals surface area contributed by atoms with Crippen LogP contribution in [0.3, 0.4) is 0 Å². The summed E-state index contributed by atoms with van der Waals surface area (Å²) < 4.78 is 6.02. The van der Waals surface area contributed by atoms with Gasteiger partial charge in [-0.3, -0.25) is 4.90 Å². The highest BCUT2D eigenvalue weighted by Crippen LogP contribution is 2.25. The van der Waals surface area contributed by atoms with Crippen molar-refractivity contribution in [2.45, 2.75) is 32.0 Å². The standard InChI is InChI=1S/C15H23NO2/c1-13-11-16(9-5-6-10-17)12-15(18-13)14-7-3-2-4-8-14/h2-4,7-8,13,15,17H,5-6,9-12H2,1H3. The van der Waals surface area contributed by atoms with Gasteiger partial charge in [-0.15, -0.1) is 0 Å². The zero-order valence-electron chi connectivity index (χ0n) is 11.1. The van der Waals surface area contributed by atoms with E-state index in [1.54, 1.807) is 0 Å². The van der Waals surface area contributed by atoms with E-state index in [1.165, 1.54) is 5.56 Å². The Labute approximate surface area is 109 Å². The first-order valence-corrected chi connectivity index (χ1v) is 6.83. The van der Waals surface area contributed by atoms with E-state index in [-0.39, 0.29) is 12.2 Å². The number of rotatable bonds is 5. The summed E-state index contributed by atoms with van der Waals surface area (Å²) in [5.41, 5.74) is 1.26. The summed E-state index contributed by atoms with van der Waals surface area (Å²) in [7, 11) is 0. The molecule has 2 unspecified atom stereocenters. The molecule has 3 heteroatoms. The maximum Gasteiger partial charge on any atom is 0.0956 e. The fraction of sp³-hybridized carbons (Fsp3) is 0.600. The highest BCUT2D eigenvalue weighted by atomic mass is 16.5. The molecule has 3 nitrogen and oxygen atoms in total. The molecule has 2 atom stereocenters. The first-order chi connectivity index (χ1) is 8.79. The van der Waals surface area contributed by atoms with Gasteiger partial charge in [-0.2, -0.15) is 0 Å². The predicted octanol–water partition coefficient (Wildman–Crippen LogP) is 2.22. The predicted molar refractivity (Wildman–Crippen MR) is 72.5 cm³/mol. The second-order valence-corrected chi connectivity index (χ2v) is 5.04. The molecule has 100 valence electrons. The summed E-state index contributed by atoms with van der Waals surface area (Å²) in [6.45, 7) is 5.43. The van der Waals surface area contributed by atoms with Crippen molar-refractivity contribution in [1.82, 2.24) is 4.90 Å². The second kappa shape index (κ2) is 6.88. The minimum atomic E-state index is 0.184. The molecule has 1 saturated heterocycles. The molecule has 0 spiro atoms. The van der Waals surface area contributed by atoms with Crippen LogP contribution >= 0.6 is 0 Å². The quantitative estimate of drug-likeness (QED) is 0.812. The molecule has 1 aromatic rings. The van der Waals surface area contributed by atoms with Crippen LogP contribution in [0.1, 0.15) is 31.4 Å². The van der Waals surface area contributed by atoms with Crippen LogP contribution in [0, 0.1) is 0 Å². The van der Waals surface area contributed by atoms with E-state index in [4.69, 9.17) is 9.84 Å². The Morgan fingerprint density at radius 2 is 2.00 bits per heavy atom. The van der Waals surface area contributed by atoms with Crippen LogP contribution in [0.15, 0.2) is 30.3 Å². The Morgan fingerprint density at radius 3 is 2.72 bits per heavy atom.